The molecule has 0 radical (unpaired) electrons. The summed E-state index contributed by atoms with van der Waals surface area (Å²) in [7, 11) is 0. The van der Waals surface area contributed by atoms with Gasteiger partial charge >= 0.3 is 0 Å². The van der Waals surface area contributed by atoms with E-state index in [1.807, 2.05) is 13.0 Å². The fourth-order valence-electron chi connectivity index (χ4n) is 2.52. The maximum atomic E-state index is 12.2. The van der Waals surface area contributed by atoms with Crippen molar-refractivity contribution in [1.82, 2.24) is 9.88 Å². The molecule has 3 N–H and O–H groups in total. The van der Waals surface area contributed by atoms with Crippen LogP contribution in [0.3, 0.4) is 0 Å². The third kappa shape index (κ3) is 4.04. The number of nitrogens with zero attached hydrogens (tertiary/aromatic N) is 2. The van der Waals surface area contributed by atoms with Gasteiger partial charge in [0.1, 0.15) is 5.82 Å². The number of nitrogens with two attached hydrogens (primary N) is 1. The predicted octanol–water partition coefficient (Wildman–Crippen LogP) is 1.30. The minimum atomic E-state index is -0.860. The molecule has 2 heterocycles. The lowest BCUT2D eigenvalue weighted by atomic mass is 9.94. The number of piperidine rings is 1. The number of nitrogens with one attached hydrogen (secondary N) is 1. The highest BCUT2D eigenvalue weighted by molar-refractivity contribution is 5.92. The highest BCUT2D eigenvalue weighted by Crippen LogP contribution is 2.20. The van der Waals surface area contributed by atoms with E-state index in [-0.39, 0.29) is 17.7 Å². The van der Waals surface area contributed by atoms with Crippen LogP contribution >= 0.6 is 0 Å². The molecule has 1 aromatic rings. The SMILES string of the molecule is Cc1ccc(NC(=O)C2CCN(C(=O)C(C)(C)N)CC2)nc1. The topological polar surface area (TPSA) is 88.3 Å². The molecule has 1 saturated heterocycles. The fraction of sp³-hybridized carbons (Fsp3) is 0.562. The van der Waals surface area contributed by atoms with Gasteiger partial charge in [0.25, 0.3) is 0 Å². The van der Waals surface area contributed by atoms with E-state index in [1.165, 1.54) is 0 Å². The smallest absolute Gasteiger partial charge is 0.242 e. The second kappa shape index (κ2) is 6.44. The third-order valence-corrected chi connectivity index (χ3v) is 3.87. The summed E-state index contributed by atoms with van der Waals surface area (Å²) in [6.45, 7) is 6.50. The Bertz CT molecular complexity index is 540. The van der Waals surface area contributed by atoms with Gasteiger partial charge in [0.15, 0.2) is 0 Å². The van der Waals surface area contributed by atoms with Crippen LogP contribution in [-0.2, 0) is 9.59 Å². The Morgan fingerprint density at radius 1 is 1.32 bits per heavy atom. The summed E-state index contributed by atoms with van der Waals surface area (Å²) in [6.07, 6.45) is 3.03. The normalized spacial score (nSPS) is 16.5. The molecule has 0 aromatic carbocycles. The summed E-state index contributed by atoms with van der Waals surface area (Å²) in [5, 5.41) is 2.83. The zero-order valence-electron chi connectivity index (χ0n) is 13.4. The zero-order valence-corrected chi connectivity index (χ0v) is 13.4. The van der Waals surface area contributed by atoms with Crippen LogP contribution in [0.2, 0.25) is 0 Å². The summed E-state index contributed by atoms with van der Waals surface area (Å²) in [4.78, 5) is 30.3. The number of aryl methyl sites for hydroxylation is 1. The lowest BCUT2D eigenvalue weighted by Crippen LogP contribution is -2.53. The number of likely N-dealkylation sites (tertiary alicyclic amines) is 1. The zero-order chi connectivity index (χ0) is 16.3. The molecule has 2 rings (SSSR count). The minimum Gasteiger partial charge on any atom is -0.341 e. The van der Waals surface area contributed by atoms with E-state index in [0.29, 0.717) is 31.7 Å². The molecule has 1 aromatic heterocycles. The standard InChI is InChI=1S/C16H24N4O2/c1-11-4-5-13(18-10-11)19-14(21)12-6-8-20(9-7-12)15(22)16(2,3)17/h4-5,10,12H,6-9,17H2,1-3H3,(H,18,19,21). The van der Waals surface area contributed by atoms with Gasteiger partial charge in [-0.15, -0.1) is 0 Å². The third-order valence-electron chi connectivity index (χ3n) is 3.87. The lowest BCUT2D eigenvalue weighted by Gasteiger charge is -2.35. The Morgan fingerprint density at radius 3 is 2.45 bits per heavy atom. The maximum absolute atomic E-state index is 12.2. The number of amides is 2. The molecular formula is C16H24N4O2. The molecule has 2 amide bonds. The van der Waals surface area contributed by atoms with Crippen LogP contribution in [0, 0.1) is 12.8 Å². The van der Waals surface area contributed by atoms with E-state index >= 15 is 0 Å². The summed E-state index contributed by atoms with van der Waals surface area (Å²) in [5.41, 5.74) is 6.03. The molecule has 22 heavy (non-hydrogen) atoms. The molecule has 120 valence electrons. The molecule has 0 unspecified atom stereocenters. The first-order valence-corrected chi connectivity index (χ1v) is 7.59. The van der Waals surface area contributed by atoms with E-state index in [2.05, 4.69) is 10.3 Å². The minimum absolute atomic E-state index is 0.0320. The molecular weight excluding hydrogens is 280 g/mol. The van der Waals surface area contributed by atoms with Crippen LogP contribution in [0.1, 0.15) is 32.3 Å². The molecule has 0 saturated carbocycles. The van der Waals surface area contributed by atoms with Crippen molar-refractivity contribution in [1.29, 1.82) is 0 Å². The first-order chi connectivity index (χ1) is 10.3. The van der Waals surface area contributed by atoms with Crippen LogP contribution < -0.4 is 11.1 Å². The van der Waals surface area contributed by atoms with Crippen molar-refractivity contribution >= 4 is 17.6 Å². The van der Waals surface area contributed by atoms with Crippen LogP contribution in [-0.4, -0.2) is 40.3 Å². The Labute approximate surface area is 131 Å². The molecule has 6 nitrogen and oxygen atoms in total. The Morgan fingerprint density at radius 2 is 1.95 bits per heavy atom. The van der Waals surface area contributed by atoms with Gasteiger partial charge in [-0.25, -0.2) is 4.98 Å². The first-order valence-electron chi connectivity index (χ1n) is 7.59. The summed E-state index contributed by atoms with van der Waals surface area (Å²) in [6, 6.07) is 3.70. The highest BCUT2D eigenvalue weighted by atomic mass is 16.2. The van der Waals surface area contributed by atoms with E-state index in [9.17, 15) is 9.59 Å². The predicted molar refractivity (Wildman–Crippen MR) is 85.2 cm³/mol. The Kier molecular flexibility index (Phi) is 4.81. The van der Waals surface area contributed by atoms with Crippen LogP contribution in [0.4, 0.5) is 5.82 Å². The van der Waals surface area contributed by atoms with Crippen molar-refractivity contribution in [2.24, 2.45) is 11.7 Å². The lowest BCUT2D eigenvalue weighted by molar-refractivity contribution is -0.138. The number of aromatic nitrogens is 1. The number of carbonyl (C=O) groups excluding carboxylic acids is 2. The number of hydrogen-bond donors (Lipinski definition) is 2. The van der Waals surface area contributed by atoms with Crippen molar-refractivity contribution in [3.05, 3.63) is 23.9 Å². The van der Waals surface area contributed by atoms with E-state index in [1.54, 1.807) is 31.0 Å². The van der Waals surface area contributed by atoms with Crippen LogP contribution in [0.15, 0.2) is 18.3 Å². The van der Waals surface area contributed by atoms with Gasteiger partial charge in [0.2, 0.25) is 11.8 Å². The van der Waals surface area contributed by atoms with Gasteiger partial charge < -0.3 is 16.0 Å². The largest absolute Gasteiger partial charge is 0.341 e. The Hall–Kier alpha value is -1.95. The average Bonchev–Trinajstić information content (AvgIpc) is 2.48. The number of rotatable bonds is 3. The number of anilines is 1. The molecule has 1 aliphatic heterocycles. The average molecular weight is 304 g/mol. The number of hydrogen-bond acceptors (Lipinski definition) is 4. The van der Waals surface area contributed by atoms with Crippen molar-refractivity contribution in [2.45, 2.75) is 39.2 Å². The van der Waals surface area contributed by atoms with E-state index in [0.717, 1.165) is 5.56 Å². The van der Waals surface area contributed by atoms with Gasteiger partial charge in [-0.2, -0.15) is 0 Å². The second-order valence-electron chi connectivity index (χ2n) is 6.50. The maximum Gasteiger partial charge on any atom is 0.242 e. The molecule has 0 bridgehead atoms. The molecule has 6 heteroatoms. The van der Waals surface area contributed by atoms with Crippen LogP contribution in [0.5, 0.6) is 0 Å². The monoisotopic (exact) mass is 304 g/mol. The number of carbonyl (C=O) groups is 2. The molecule has 0 spiro atoms. The van der Waals surface area contributed by atoms with Gasteiger partial charge in [-0.3, -0.25) is 9.59 Å². The highest BCUT2D eigenvalue weighted by Gasteiger charge is 2.32. The molecule has 1 aliphatic rings. The van der Waals surface area contributed by atoms with Crippen molar-refractivity contribution in [2.75, 3.05) is 18.4 Å². The van der Waals surface area contributed by atoms with Crippen molar-refractivity contribution in [3.63, 3.8) is 0 Å². The second-order valence-corrected chi connectivity index (χ2v) is 6.50. The first kappa shape index (κ1) is 16.4. The molecule has 0 atom stereocenters. The van der Waals surface area contributed by atoms with Gasteiger partial charge in [-0.05, 0) is 45.2 Å². The van der Waals surface area contributed by atoms with E-state index in [4.69, 9.17) is 5.73 Å². The van der Waals surface area contributed by atoms with Gasteiger partial charge in [0.05, 0.1) is 5.54 Å². The number of pyridine rings is 1. The quantitative estimate of drug-likeness (QED) is 0.881. The van der Waals surface area contributed by atoms with E-state index < -0.39 is 5.54 Å². The summed E-state index contributed by atoms with van der Waals surface area (Å²) >= 11 is 0. The molecule has 1 fully saturated rings. The Balaban J connectivity index is 1.87. The fourth-order valence-corrected chi connectivity index (χ4v) is 2.52. The van der Waals surface area contributed by atoms with Crippen LogP contribution in [0.25, 0.3) is 0 Å². The van der Waals surface area contributed by atoms with Gasteiger partial charge in [0, 0.05) is 25.2 Å². The summed E-state index contributed by atoms with van der Waals surface area (Å²) in [5.74, 6) is 0.382. The van der Waals surface area contributed by atoms with Gasteiger partial charge in [-0.1, -0.05) is 6.07 Å². The summed E-state index contributed by atoms with van der Waals surface area (Å²) < 4.78 is 0. The van der Waals surface area contributed by atoms with Crippen molar-refractivity contribution < 1.29 is 9.59 Å². The van der Waals surface area contributed by atoms with Crippen molar-refractivity contribution in [3.8, 4) is 0 Å². The molecule has 0 aliphatic carbocycles.